The van der Waals surface area contributed by atoms with E-state index in [-0.39, 0.29) is 17.9 Å². The maximum absolute atomic E-state index is 11.2. The zero-order chi connectivity index (χ0) is 12.1. The predicted molar refractivity (Wildman–Crippen MR) is 60.9 cm³/mol. The molecule has 0 aliphatic carbocycles. The standard InChI is InChI=1S/C10H14N2O4/c1-2-3-4-11-7-8(10(16)9(7)15)12-5-6(13)14/h11-12H,2-5H2,1H3,(H,13,14). The summed E-state index contributed by atoms with van der Waals surface area (Å²) in [5, 5.41) is 13.7. The molecule has 0 spiro atoms. The van der Waals surface area contributed by atoms with Crippen molar-refractivity contribution in [2.24, 2.45) is 0 Å². The molecule has 1 aromatic carbocycles. The molecule has 0 fully saturated rings. The van der Waals surface area contributed by atoms with Gasteiger partial charge in [-0.25, -0.2) is 0 Å². The minimum atomic E-state index is -1.08. The Morgan fingerprint density at radius 1 is 1.19 bits per heavy atom. The summed E-state index contributed by atoms with van der Waals surface area (Å²) in [6.07, 6.45) is 1.86. The molecule has 0 bridgehead atoms. The van der Waals surface area contributed by atoms with E-state index in [2.05, 4.69) is 10.6 Å². The van der Waals surface area contributed by atoms with Gasteiger partial charge in [0.05, 0.1) is 0 Å². The van der Waals surface area contributed by atoms with Crippen molar-refractivity contribution in [3.05, 3.63) is 20.4 Å². The number of aliphatic carboxylic acids is 1. The van der Waals surface area contributed by atoms with Crippen molar-refractivity contribution in [2.75, 3.05) is 23.7 Å². The van der Waals surface area contributed by atoms with Crippen LogP contribution in [0.25, 0.3) is 0 Å². The predicted octanol–water partition coefficient (Wildman–Crippen LogP) is -0.00890. The van der Waals surface area contributed by atoms with Gasteiger partial charge in [0.2, 0.25) is 0 Å². The van der Waals surface area contributed by atoms with Crippen molar-refractivity contribution in [1.82, 2.24) is 0 Å². The van der Waals surface area contributed by atoms with Crippen molar-refractivity contribution in [1.29, 1.82) is 0 Å². The first-order chi connectivity index (χ1) is 7.57. The lowest BCUT2D eigenvalue weighted by molar-refractivity contribution is -0.134. The summed E-state index contributed by atoms with van der Waals surface area (Å²) in [7, 11) is 0. The zero-order valence-corrected chi connectivity index (χ0v) is 9.00. The topological polar surface area (TPSA) is 95.5 Å². The van der Waals surface area contributed by atoms with Crippen LogP contribution in [0.1, 0.15) is 19.8 Å². The third-order valence-corrected chi connectivity index (χ3v) is 2.16. The van der Waals surface area contributed by atoms with Gasteiger partial charge in [-0.2, -0.15) is 0 Å². The fourth-order valence-electron chi connectivity index (χ4n) is 1.28. The molecule has 6 nitrogen and oxygen atoms in total. The van der Waals surface area contributed by atoms with E-state index in [1.165, 1.54) is 0 Å². The molecule has 88 valence electrons. The lowest BCUT2D eigenvalue weighted by Crippen LogP contribution is -2.38. The molecule has 1 rings (SSSR count). The van der Waals surface area contributed by atoms with Gasteiger partial charge in [0, 0.05) is 6.54 Å². The highest BCUT2D eigenvalue weighted by Crippen LogP contribution is 2.13. The molecule has 0 aliphatic heterocycles. The lowest BCUT2D eigenvalue weighted by atomic mass is 10.2. The fourth-order valence-corrected chi connectivity index (χ4v) is 1.28. The van der Waals surface area contributed by atoms with Crippen LogP contribution in [0, 0.1) is 0 Å². The van der Waals surface area contributed by atoms with E-state index in [9.17, 15) is 14.4 Å². The van der Waals surface area contributed by atoms with Crippen LogP contribution in [0.4, 0.5) is 11.4 Å². The maximum atomic E-state index is 11.2. The lowest BCUT2D eigenvalue weighted by Gasteiger charge is -2.13. The first kappa shape index (κ1) is 12.2. The number of carboxylic acids is 1. The van der Waals surface area contributed by atoms with E-state index in [0.717, 1.165) is 12.8 Å². The van der Waals surface area contributed by atoms with Gasteiger partial charge in [-0.05, 0) is 6.42 Å². The summed E-state index contributed by atoms with van der Waals surface area (Å²) in [5.74, 6) is -1.08. The normalized spacial score (nSPS) is 10.3. The molecular weight excluding hydrogens is 212 g/mol. The summed E-state index contributed by atoms with van der Waals surface area (Å²) < 4.78 is 0. The number of unbranched alkanes of at least 4 members (excludes halogenated alkanes) is 1. The fraction of sp³-hybridized carbons (Fsp3) is 0.500. The molecule has 0 aromatic heterocycles. The number of anilines is 2. The number of carboxylic acid groups (broad SMARTS) is 1. The van der Waals surface area contributed by atoms with Crippen molar-refractivity contribution in [2.45, 2.75) is 19.8 Å². The largest absolute Gasteiger partial charge is 0.480 e. The summed E-state index contributed by atoms with van der Waals surface area (Å²) >= 11 is 0. The first-order valence-corrected chi connectivity index (χ1v) is 5.10. The highest BCUT2D eigenvalue weighted by Gasteiger charge is 2.20. The second kappa shape index (κ2) is 5.29. The maximum Gasteiger partial charge on any atom is 0.322 e. The van der Waals surface area contributed by atoms with E-state index >= 15 is 0 Å². The Balaban J connectivity index is 2.62. The Bertz CT molecular complexity index is 446. The quantitative estimate of drug-likeness (QED) is 0.447. The molecule has 3 N–H and O–H groups in total. The molecule has 0 aliphatic rings. The number of carbonyl (C=O) groups is 1. The number of nitrogens with one attached hydrogen (secondary N) is 2. The molecule has 0 radical (unpaired) electrons. The van der Waals surface area contributed by atoms with Crippen LogP contribution < -0.4 is 21.5 Å². The van der Waals surface area contributed by atoms with Gasteiger partial charge in [-0.3, -0.25) is 14.4 Å². The summed E-state index contributed by atoms with van der Waals surface area (Å²) in [4.78, 5) is 32.6. The molecule has 0 saturated heterocycles. The molecule has 1 aromatic rings. The Morgan fingerprint density at radius 2 is 1.75 bits per heavy atom. The SMILES string of the molecule is CCCCNc1c(NCC(=O)O)c(=O)c1=O. The number of hydrogen-bond acceptors (Lipinski definition) is 5. The van der Waals surface area contributed by atoms with Gasteiger partial charge < -0.3 is 15.7 Å². The molecule has 6 heteroatoms. The highest BCUT2D eigenvalue weighted by molar-refractivity contribution is 5.79. The Labute approximate surface area is 92.0 Å². The zero-order valence-electron chi connectivity index (χ0n) is 9.00. The summed E-state index contributed by atoms with van der Waals surface area (Å²) in [6.45, 7) is 2.24. The second-order valence-electron chi connectivity index (χ2n) is 3.44. The molecule has 16 heavy (non-hydrogen) atoms. The molecule has 0 heterocycles. The van der Waals surface area contributed by atoms with Crippen LogP contribution in [0.15, 0.2) is 9.59 Å². The van der Waals surface area contributed by atoms with E-state index in [0.29, 0.717) is 6.54 Å². The third-order valence-electron chi connectivity index (χ3n) is 2.16. The Hall–Kier alpha value is -1.85. The van der Waals surface area contributed by atoms with Crippen molar-refractivity contribution < 1.29 is 9.90 Å². The van der Waals surface area contributed by atoms with E-state index in [1.54, 1.807) is 0 Å². The van der Waals surface area contributed by atoms with Crippen LogP contribution in [-0.4, -0.2) is 24.2 Å². The van der Waals surface area contributed by atoms with Gasteiger partial charge in [-0.1, -0.05) is 13.3 Å². The van der Waals surface area contributed by atoms with Gasteiger partial charge in [0.15, 0.2) is 0 Å². The Morgan fingerprint density at radius 3 is 2.25 bits per heavy atom. The summed E-state index contributed by atoms with van der Waals surface area (Å²) in [5.41, 5.74) is -0.938. The molecule has 0 amide bonds. The van der Waals surface area contributed by atoms with Crippen LogP contribution in [0.3, 0.4) is 0 Å². The minimum absolute atomic E-state index is 0.0866. The van der Waals surface area contributed by atoms with Crippen molar-refractivity contribution >= 4 is 17.3 Å². The number of hydrogen-bond donors (Lipinski definition) is 3. The van der Waals surface area contributed by atoms with E-state index in [1.807, 2.05) is 6.92 Å². The smallest absolute Gasteiger partial charge is 0.322 e. The van der Waals surface area contributed by atoms with Crippen LogP contribution in [0.5, 0.6) is 0 Å². The molecule has 0 saturated carbocycles. The molecule has 0 unspecified atom stereocenters. The van der Waals surface area contributed by atoms with Crippen LogP contribution in [-0.2, 0) is 4.79 Å². The average Bonchev–Trinajstić information content (AvgIpc) is 2.26. The van der Waals surface area contributed by atoms with E-state index < -0.39 is 16.8 Å². The average molecular weight is 226 g/mol. The first-order valence-electron chi connectivity index (χ1n) is 5.10. The molecule has 0 atom stereocenters. The second-order valence-corrected chi connectivity index (χ2v) is 3.44. The van der Waals surface area contributed by atoms with Crippen LogP contribution in [0.2, 0.25) is 0 Å². The number of rotatable bonds is 7. The third kappa shape index (κ3) is 2.59. The van der Waals surface area contributed by atoms with Gasteiger partial charge >= 0.3 is 5.97 Å². The molecular formula is C10H14N2O4. The van der Waals surface area contributed by atoms with Gasteiger partial charge in [0.1, 0.15) is 17.9 Å². The minimum Gasteiger partial charge on any atom is -0.480 e. The van der Waals surface area contributed by atoms with Crippen molar-refractivity contribution in [3.63, 3.8) is 0 Å². The van der Waals surface area contributed by atoms with Crippen molar-refractivity contribution in [3.8, 4) is 0 Å². The monoisotopic (exact) mass is 226 g/mol. The van der Waals surface area contributed by atoms with Crippen LogP contribution >= 0.6 is 0 Å². The summed E-state index contributed by atoms with van der Waals surface area (Å²) in [6, 6.07) is 0. The van der Waals surface area contributed by atoms with Gasteiger partial charge in [-0.15, -0.1) is 0 Å². The van der Waals surface area contributed by atoms with E-state index in [4.69, 9.17) is 5.11 Å². The van der Waals surface area contributed by atoms with Gasteiger partial charge in [0.25, 0.3) is 10.9 Å². The Kier molecular flexibility index (Phi) is 4.04. The highest BCUT2D eigenvalue weighted by atomic mass is 16.4.